The number of piperidine rings is 1. The second-order valence-electron chi connectivity index (χ2n) is 8.51. The van der Waals surface area contributed by atoms with E-state index in [1.165, 1.54) is 11.1 Å². The van der Waals surface area contributed by atoms with E-state index in [-0.39, 0.29) is 11.0 Å². The monoisotopic (exact) mass is 386 g/mol. The fourth-order valence-electron chi connectivity index (χ4n) is 5.12. The predicted molar refractivity (Wildman–Crippen MR) is 114 cm³/mol. The number of nitrogens with zero attached hydrogens (tertiary/aromatic N) is 3. The summed E-state index contributed by atoms with van der Waals surface area (Å²) >= 11 is 0. The number of aryl methyl sites for hydroxylation is 1. The summed E-state index contributed by atoms with van der Waals surface area (Å²) in [6, 6.07) is 12.9. The molecule has 0 amide bonds. The Hall–Kier alpha value is -2.79. The molecule has 2 aliphatic rings. The Labute approximate surface area is 170 Å². The van der Waals surface area contributed by atoms with Crippen LogP contribution in [0.15, 0.2) is 53.6 Å². The standard InChI is InChI=1S/C24H26N4O/c1-17-26-22-21(23(29)27-17)9-11-24(22)10-3-13-28(16-24)15-18-5-7-19(8-6-18)20-4-2-12-25-14-20/h2,4-8,12,14H,3,9-11,13,15-16H2,1H3,(H,26,27,29). The summed E-state index contributed by atoms with van der Waals surface area (Å²) in [5, 5.41) is 0. The molecule has 0 radical (unpaired) electrons. The molecule has 1 unspecified atom stereocenters. The molecule has 3 heterocycles. The van der Waals surface area contributed by atoms with Crippen LogP contribution in [0.4, 0.5) is 0 Å². The van der Waals surface area contributed by atoms with Crippen LogP contribution in [0, 0.1) is 6.92 Å². The maximum absolute atomic E-state index is 12.4. The zero-order valence-electron chi connectivity index (χ0n) is 16.8. The van der Waals surface area contributed by atoms with Crippen molar-refractivity contribution in [2.24, 2.45) is 0 Å². The Morgan fingerprint density at radius 2 is 2.00 bits per heavy atom. The Morgan fingerprint density at radius 3 is 2.79 bits per heavy atom. The molecule has 1 aliphatic heterocycles. The van der Waals surface area contributed by atoms with Crippen LogP contribution in [0.3, 0.4) is 0 Å². The number of hydrogen-bond donors (Lipinski definition) is 1. The summed E-state index contributed by atoms with van der Waals surface area (Å²) < 4.78 is 0. The van der Waals surface area contributed by atoms with E-state index in [4.69, 9.17) is 4.98 Å². The van der Waals surface area contributed by atoms with E-state index >= 15 is 0 Å². The summed E-state index contributed by atoms with van der Waals surface area (Å²) in [6.45, 7) is 4.91. The Bertz CT molecular complexity index is 1070. The largest absolute Gasteiger partial charge is 0.311 e. The van der Waals surface area contributed by atoms with Crippen LogP contribution in [0.5, 0.6) is 0 Å². The van der Waals surface area contributed by atoms with Crippen molar-refractivity contribution < 1.29 is 0 Å². The number of rotatable bonds is 3. The van der Waals surface area contributed by atoms with E-state index < -0.39 is 0 Å². The van der Waals surface area contributed by atoms with Gasteiger partial charge in [0.1, 0.15) is 5.82 Å². The van der Waals surface area contributed by atoms with Crippen LogP contribution in [-0.2, 0) is 18.4 Å². The highest BCUT2D eigenvalue weighted by Crippen LogP contribution is 2.43. The van der Waals surface area contributed by atoms with Crippen LogP contribution in [0.25, 0.3) is 11.1 Å². The summed E-state index contributed by atoms with van der Waals surface area (Å²) in [5.41, 5.74) is 5.75. The minimum absolute atomic E-state index is 0.0439. The van der Waals surface area contributed by atoms with Crippen LogP contribution in [-0.4, -0.2) is 32.9 Å². The first kappa shape index (κ1) is 18.3. The van der Waals surface area contributed by atoms with Crippen molar-refractivity contribution in [1.29, 1.82) is 0 Å². The average molecular weight is 386 g/mol. The number of likely N-dealkylation sites (tertiary alicyclic amines) is 1. The average Bonchev–Trinajstić information content (AvgIpc) is 3.07. The van der Waals surface area contributed by atoms with Gasteiger partial charge in [0.15, 0.2) is 0 Å². The van der Waals surface area contributed by atoms with Crippen molar-refractivity contribution in [3.8, 4) is 11.1 Å². The number of aromatic amines is 1. The molecule has 5 nitrogen and oxygen atoms in total. The van der Waals surface area contributed by atoms with Crippen LogP contribution < -0.4 is 5.56 Å². The Balaban J connectivity index is 1.35. The molecule has 1 aromatic carbocycles. The first-order valence-corrected chi connectivity index (χ1v) is 10.4. The quantitative estimate of drug-likeness (QED) is 0.747. The van der Waals surface area contributed by atoms with Gasteiger partial charge in [0.05, 0.1) is 5.69 Å². The molecule has 5 rings (SSSR count). The highest BCUT2D eigenvalue weighted by Gasteiger charge is 2.44. The number of hydrogen-bond acceptors (Lipinski definition) is 4. The van der Waals surface area contributed by atoms with Crippen molar-refractivity contribution in [3.05, 3.63) is 81.8 Å². The molecule has 1 fully saturated rings. The summed E-state index contributed by atoms with van der Waals surface area (Å²) in [7, 11) is 0. The molecule has 1 aliphatic carbocycles. The van der Waals surface area contributed by atoms with Crippen LogP contribution in [0.1, 0.15) is 41.9 Å². The minimum Gasteiger partial charge on any atom is -0.311 e. The fraction of sp³-hybridized carbons (Fsp3) is 0.375. The molecule has 1 saturated heterocycles. The SMILES string of the molecule is Cc1nc2c(c(=O)[nH]1)CCC21CCCN(Cc2ccc(-c3cccnc3)cc2)C1. The van der Waals surface area contributed by atoms with Crippen molar-refractivity contribution in [3.63, 3.8) is 0 Å². The second kappa shape index (κ2) is 7.23. The van der Waals surface area contributed by atoms with Crippen molar-refractivity contribution in [2.75, 3.05) is 13.1 Å². The van der Waals surface area contributed by atoms with Crippen molar-refractivity contribution >= 4 is 0 Å². The zero-order valence-corrected chi connectivity index (χ0v) is 16.8. The highest BCUT2D eigenvalue weighted by atomic mass is 16.1. The van der Waals surface area contributed by atoms with E-state index in [1.807, 2.05) is 19.2 Å². The summed E-state index contributed by atoms with van der Waals surface area (Å²) in [6.07, 6.45) is 7.88. The number of nitrogens with one attached hydrogen (secondary N) is 1. The third kappa shape index (κ3) is 3.40. The van der Waals surface area contributed by atoms with Gasteiger partial charge in [-0.15, -0.1) is 0 Å². The molecule has 0 bridgehead atoms. The van der Waals surface area contributed by atoms with Gasteiger partial charge in [-0.2, -0.15) is 0 Å². The molecule has 3 aromatic rings. The number of aromatic nitrogens is 3. The maximum Gasteiger partial charge on any atom is 0.254 e. The topological polar surface area (TPSA) is 61.9 Å². The van der Waals surface area contributed by atoms with Gasteiger partial charge in [-0.05, 0) is 61.9 Å². The summed E-state index contributed by atoms with van der Waals surface area (Å²) in [4.78, 5) is 26.8. The van der Waals surface area contributed by atoms with Gasteiger partial charge >= 0.3 is 0 Å². The van der Waals surface area contributed by atoms with Gasteiger partial charge in [0.25, 0.3) is 5.56 Å². The van der Waals surface area contributed by atoms with E-state index in [9.17, 15) is 4.79 Å². The summed E-state index contributed by atoms with van der Waals surface area (Å²) in [5.74, 6) is 0.734. The molecule has 148 valence electrons. The number of benzene rings is 1. The van der Waals surface area contributed by atoms with E-state index in [0.717, 1.165) is 68.0 Å². The second-order valence-corrected chi connectivity index (χ2v) is 8.51. The molecule has 0 saturated carbocycles. The van der Waals surface area contributed by atoms with E-state index in [2.05, 4.69) is 45.2 Å². The lowest BCUT2D eigenvalue weighted by atomic mass is 9.77. The molecule has 1 N–H and O–H groups in total. The van der Waals surface area contributed by atoms with Gasteiger partial charge in [-0.1, -0.05) is 30.3 Å². The number of H-pyrrole nitrogens is 1. The molecular weight excluding hydrogens is 360 g/mol. The van der Waals surface area contributed by atoms with E-state index in [1.54, 1.807) is 6.20 Å². The molecular formula is C24H26N4O. The Kier molecular flexibility index (Phi) is 4.55. The molecule has 1 spiro atoms. The smallest absolute Gasteiger partial charge is 0.254 e. The first-order valence-electron chi connectivity index (χ1n) is 10.4. The van der Waals surface area contributed by atoms with Gasteiger partial charge in [-0.3, -0.25) is 14.7 Å². The van der Waals surface area contributed by atoms with E-state index in [0.29, 0.717) is 0 Å². The lowest BCUT2D eigenvalue weighted by Crippen LogP contribution is -2.45. The normalized spacial score (nSPS) is 21.4. The third-order valence-corrected chi connectivity index (χ3v) is 6.50. The Morgan fingerprint density at radius 1 is 1.14 bits per heavy atom. The van der Waals surface area contributed by atoms with Gasteiger partial charge in [0, 0.05) is 36.5 Å². The van der Waals surface area contributed by atoms with Crippen LogP contribution in [0.2, 0.25) is 0 Å². The predicted octanol–water partition coefficient (Wildman–Crippen LogP) is 3.62. The molecule has 29 heavy (non-hydrogen) atoms. The van der Waals surface area contributed by atoms with Crippen LogP contribution >= 0.6 is 0 Å². The fourth-order valence-corrected chi connectivity index (χ4v) is 5.12. The molecule has 2 aromatic heterocycles. The van der Waals surface area contributed by atoms with Gasteiger partial charge in [0.2, 0.25) is 0 Å². The minimum atomic E-state index is 0.0439. The highest BCUT2D eigenvalue weighted by molar-refractivity contribution is 5.62. The zero-order chi connectivity index (χ0) is 19.8. The molecule has 1 atom stereocenters. The number of fused-ring (bicyclic) bond motifs is 2. The third-order valence-electron chi connectivity index (χ3n) is 6.50. The number of pyridine rings is 1. The lowest BCUT2D eigenvalue weighted by molar-refractivity contribution is 0.136. The van der Waals surface area contributed by atoms with Crippen molar-refractivity contribution in [1.82, 2.24) is 19.9 Å². The maximum atomic E-state index is 12.4. The first-order chi connectivity index (χ1) is 14.1. The van der Waals surface area contributed by atoms with Gasteiger partial charge in [-0.25, -0.2) is 4.98 Å². The van der Waals surface area contributed by atoms with Crippen molar-refractivity contribution in [2.45, 2.75) is 44.6 Å². The lowest BCUT2D eigenvalue weighted by Gasteiger charge is -2.40. The van der Waals surface area contributed by atoms with Gasteiger partial charge < -0.3 is 4.98 Å². The molecule has 5 heteroatoms.